The Morgan fingerprint density at radius 2 is 2.07 bits per heavy atom. The Hall–Kier alpha value is -0.0800. The van der Waals surface area contributed by atoms with Gasteiger partial charge in [-0.1, -0.05) is 19.3 Å². The molecule has 0 aromatic rings. The van der Waals surface area contributed by atoms with Crippen LogP contribution >= 0.6 is 0 Å². The van der Waals surface area contributed by atoms with Gasteiger partial charge in [-0.05, 0) is 32.6 Å². The second-order valence-corrected chi connectivity index (χ2v) is 5.53. The molecule has 0 amide bonds. The predicted molar refractivity (Wildman–Crippen MR) is 58.1 cm³/mol. The second kappa shape index (κ2) is 3.21. The SMILES string of the molecule is CC12CCCCCC1NC1CCCN12. The molecule has 0 aromatic carbocycles. The normalized spacial score (nSPS) is 48.6. The molecule has 0 aromatic heterocycles. The lowest BCUT2D eigenvalue weighted by atomic mass is 9.88. The van der Waals surface area contributed by atoms with Crippen molar-refractivity contribution in [3.63, 3.8) is 0 Å². The number of rotatable bonds is 0. The smallest absolute Gasteiger partial charge is 0.0605 e. The number of nitrogens with one attached hydrogen (secondary N) is 1. The van der Waals surface area contributed by atoms with E-state index in [0.29, 0.717) is 5.54 Å². The minimum atomic E-state index is 0.498. The minimum absolute atomic E-state index is 0.498. The third-order valence-electron chi connectivity index (χ3n) is 4.73. The maximum atomic E-state index is 3.86. The molecule has 3 fully saturated rings. The van der Waals surface area contributed by atoms with Gasteiger partial charge in [-0.2, -0.15) is 0 Å². The summed E-state index contributed by atoms with van der Waals surface area (Å²) in [6, 6.07) is 0.787. The molecule has 0 bridgehead atoms. The van der Waals surface area contributed by atoms with E-state index in [0.717, 1.165) is 12.2 Å². The summed E-state index contributed by atoms with van der Waals surface area (Å²) in [4.78, 5) is 2.77. The Bertz CT molecular complexity index is 228. The van der Waals surface area contributed by atoms with Crippen molar-refractivity contribution >= 4 is 0 Å². The van der Waals surface area contributed by atoms with Gasteiger partial charge in [0.15, 0.2) is 0 Å². The Labute approximate surface area is 87.0 Å². The first kappa shape index (κ1) is 9.17. The lowest BCUT2D eigenvalue weighted by molar-refractivity contribution is 0.130. The first-order valence-corrected chi connectivity index (χ1v) is 6.33. The minimum Gasteiger partial charge on any atom is -0.297 e. The Balaban J connectivity index is 1.87. The van der Waals surface area contributed by atoms with Crippen LogP contribution in [0.4, 0.5) is 0 Å². The summed E-state index contributed by atoms with van der Waals surface area (Å²) in [7, 11) is 0. The van der Waals surface area contributed by atoms with Gasteiger partial charge in [0.1, 0.15) is 0 Å². The fraction of sp³-hybridized carbons (Fsp3) is 1.00. The van der Waals surface area contributed by atoms with Crippen LogP contribution in [0.3, 0.4) is 0 Å². The predicted octanol–water partition coefficient (Wildman–Crippen LogP) is 2.10. The van der Waals surface area contributed by atoms with Crippen LogP contribution < -0.4 is 5.32 Å². The maximum Gasteiger partial charge on any atom is 0.0605 e. The highest BCUT2D eigenvalue weighted by Crippen LogP contribution is 2.41. The molecule has 3 rings (SSSR count). The topological polar surface area (TPSA) is 15.3 Å². The zero-order valence-corrected chi connectivity index (χ0v) is 9.26. The number of hydrogen-bond acceptors (Lipinski definition) is 2. The van der Waals surface area contributed by atoms with Crippen molar-refractivity contribution in [1.82, 2.24) is 10.2 Å². The molecular formula is C12H22N2. The molecule has 80 valence electrons. The molecule has 1 saturated carbocycles. The first-order chi connectivity index (χ1) is 6.81. The zero-order chi connectivity index (χ0) is 9.60. The quantitative estimate of drug-likeness (QED) is 0.635. The van der Waals surface area contributed by atoms with Gasteiger partial charge in [-0.15, -0.1) is 0 Å². The van der Waals surface area contributed by atoms with E-state index in [1.807, 2.05) is 0 Å². The molecule has 2 nitrogen and oxygen atoms in total. The van der Waals surface area contributed by atoms with Crippen molar-refractivity contribution in [2.45, 2.75) is 69.6 Å². The molecule has 0 spiro atoms. The lowest BCUT2D eigenvalue weighted by Crippen LogP contribution is -2.48. The fourth-order valence-electron chi connectivity index (χ4n) is 3.88. The molecule has 3 unspecified atom stereocenters. The highest BCUT2D eigenvalue weighted by atomic mass is 15.4. The van der Waals surface area contributed by atoms with E-state index in [-0.39, 0.29) is 0 Å². The van der Waals surface area contributed by atoms with Gasteiger partial charge < -0.3 is 0 Å². The zero-order valence-electron chi connectivity index (χ0n) is 9.26. The van der Waals surface area contributed by atoms with Crippen LogP contribution in [0, 0.1) is 0 Å². The van der Waals surface area contributed by atoms with E-state index in [2.05, 4.69) is 17.1 Å². The van der Waals surface area contributed by atoms with Crippen molar-refractivity contribution in [1.29, 1.82) is 0 Å². The molecule has 2 aliphatic heterocycles. The number of nitrogens with zero attached hydrogens (tertiary/aromatic N) is 1. The molecule has 1 aliphatic carbocycles. The summed E-state index contributed by atoms with van der Waals surface area (Å²) in [5.74, 6) is 0. The maximum absolute atomic E-state index is 3.86. The van der Waals surface area contributed by atoms with E-state index in [9.17, 15) is 0 Å². The van der Waals surface area contributed by atoms with Crippen LogP contribution in [0.25, 0.3) is 0 Å². The highest BCUT2D eigenvalue weighted by Gasteiger charge is 2.50. The molecule has 3 aliphatic rings. The van der Waals surface area contributed by atoms with Gasteiger partial charge in [0.25, 0.3) is 0 Å². The van der Waals surface area contributed by atoms with Gasteiger partial charge in [0.2, 0.25) is 0 Å². The summed E-state index contributed by atoms with van der Waals surface area (Å²) >= 11 is 0. The van der Waals surface area contributed by atoms with Gasteiger partial charge in [0, 0.05) is 18.1 Å². The molecular weight excluding hydrogens is 172 g/mol. The monoisotopic (exact) mass is 194 g/mol. The Kier molecular flexibility index (Phi) is 2.10. The van der Waals surface area contributed by atoms with Crippen molar-refractivity contribution in [2.24, 2.45) is 0 Å². The first-order valence-electron chi connectivity index (χ1n) is 6.33. The van der Waals surface area contributed by atoms with Crippen molar-refractivity contribution in [3.05, 3.63) is 0 Å². The Morgan fingerprint density at radius 3 is 3.00 bits per heavy atom. The third kappa shape index (κ3) is 1.17. The molecule has 2 heteroatoms. The summed E-state index contributed by atoms with van der Waals surface area (Å²) < 4.78 is 0. The highest BCUT2D eigenvalue weighted by molar-refractivity contribution is 5.08. The number of fused-ring (bicyclic) bond motifs is 3. The van der Waals surface area contributed by atoms with E-state index in [1.165, 1.54) is 51.5 Å². The van der Waals surface area contributed by atoms with Gasteiger partial charge >= 0.3 is 0 Å². The van der Waals surface area contributed by atoms with Crippen LogP contribution in [-0.4, -0.2) is 29.2 Å². The van der Waals surface area contributed by atoms with Crippen LogP contribution in [-0.2, 0) is 0 Å². The van der Waals surface area contributed by atoms with E-state index in [4.69, 9.17) is 0 Å². The Morgan fingerprint density at radius 1 is 1.14 bits per heavy atom. The largest absolute Gasteiger partial charge is 0.297 e. The molecule has 1 N–H and O–H groups in total. The van der Waals surface area contributed by atoms with E-state index < -0.39 is 0 Å². The molecule has 14 heavy (non-hydrogen) atoms. The lowest BCUT2D eigenvalue weighted by Gasteiger charge is -2.37. The fourth-order valence-corrected chi connectivity index (χ4v) is 3.88. The van der Waals surface area contributed by atoms with Crippen molar-refractivity contribution < 1.29 is 0 Å². The summed E-state index contributed by atoms with van der Waals surface area (Å²) in [5.41, 5.74) is 0.498. The van der Waals surface area contributed by atoms with Crippen molar-refractivity contribution in [2.75, 3.05) is 6.54 Å². The summed E-state index contributed by atoms with van der Waals surface area (Å²) in [5, 5.41) is 3.86. The summed E-state index contributed by atoms with van der Waals surface area (Å²) in [6.07, 6.45) is 10.7. The van der Waals surface area contributed by atoms with Gasteiger partial charge in [-0.3, -0.25) is 10.2 Å². The second-order valence-electron chi connectivity index (χ2n) is 5.53. The molecule has 2 heterocycles. The van der Waals surface area contributed by atoms with Crippen LogP contribution in [0.2, 0.25) is 0 Å². The van der Waals surface area contributed by atoms with Crippen LogP contribution in [0.1, 0.15) is 51.9 Å². The third-order valence-corrected chi connectivity index (χ3v) is 4.73. The van der Waals surface area contributed by atoms with Crippen LogP contribution in [0.5, 0.6) is 0 Å². The van der Waals surface area contributed by atoms with Crippen LogP contribution in [0.15, 0.2) is 0 Å². The van der Waals surface area contributed by atoms with E-state index >= 15 is 0 Å². The van der Waals surface area contributed by atoms with Crippen molar-refractivity contribution in [3.8, 4) is 0 Å². The average molecular weight is 194 g/mol. The summed E-state index contributed by atoms with van der Waals surface area (Å²) in [6.45, 7) is 3.84. The van der Waals surface area contributed by atoms with Gasteiger partial charge in [-0.25, -0.2) is 0 Å². The average Bonchev–Trinajstić information content (AvgIpc) is 2.66. The molecule has 2 saturated heterocycles. The molecule has 0 radical (unpaired) electrons. The standard InChI is InChI=1S/C12H22N2/c1-12-8-4-2-3-6-10(12)13-11-7-5-9-14(11)12/h10-11,13H,2-9H2,1H3. The van der Waals surface area contributed by atoms with E-state index in [1.54, 1.807) is 0 Å². The number of hydrogen-bond donors (Lipinski definition) is 1. The van der Waals surface area contributed by atoms with Gasteiger partial charge in [0.05, 0.1) is 6.17 Å². The molecule has 3 atom stereocenters.